The number of nitrogens with zero attached hydrogens (tertiary/aromatic N) is 1. The van der Waals surface area contributed by atoms with Gasteiger partial charge in [-0.1, -0.05) is 60.7 Å². The molecule has 0 radical (unpaired) electrons. The van der Waals surface area contributed by atoms with Crippen LogP contribution in [0.3, 0.4) is 0 Å². The number of para-hydroxylation sites is 1. The van der Waals surface area contributed by atoms with E-state index < -0.39 is 22.1 Å². The Morgan fingerprint density at radius 3 is 2.00 bits per heavy atom. The Balaban J connectivity index is 1.65. The third-order valence-corrected chi connectivity index (χ3v) is 6.70. The van der Waals surface area contributed by atoms with E-state index in [9.17, 15) is 18.0 Å². The second-order valence-electron chi connectivity index (χ2n) is 7.46. The quantitative estimate of drug-likeness (QED) is 0.474. The average molecular weight is 467 g/mol. The molecular weight excluding hydrogens is 440 g/mol. The van der Waals surface area contributed by atoms with Crippen LogP contribution < -0.4 is 16.0 Å². The second kappa shape index (κ2) is 10.8. The lowest BCUT2D eigenvalue weighted by molar-refractivity contribution is -0.118. The van der Waals surface area contributed by atoms with Crippen LogP contribution in [0.15, 0.2) is 89.8 Å². The maximum atomic E-state index is 12.9. The summed E-state index contributed by atoms with van der Waals surface area (Å²) in [6.45, 7) is 0.163. The molecule has 9 heteroatoms. The molecular formula is C24H26N4O4S. The highest BCUT2D eigenvalue weighted by molar-refractivity contribution is 7.89. The van der Waals surface area contributed by atoms with Gasteiger partial charge in [0.2, 0.25) is 10.0 Å². The highest BCUT2D eigenvalue weighted by Crippen LogP contribution is 2.17. The van der Waals surface area contributed by atoms with E-state index in [0.717, 1.165) is 4.31 Å². The molecule has 0 aliphatic carbocycles. The van der Waals surface area contributed by atoms with E-state index in [1.165, 1.54) is 26.2 Å². The van der Waals surface area contributed by atoms with E-state index >= 15 is 0 Å². The van der Waals surface area contributed by atoms with Gasteiger partial charge >= 0.3 is 6.03 Å². The summed E-state index contributed by atoms with van der Waals surface area (Å²) in [6.07, 6.45) is 0. The molecule has 3 amide bonds. The molecule has 3 rings (SSSR count). The van der Waals surface area contributed by atoms with Crippen LogP contribution in [0.4, 0.5) is 10.5 Å². The fraction of sp³-hybridized carbons (Fsp3) is 0.167. The van der Waals surface area contributed by atoms with E-state index in [1.54, 1.807) is 48.5 Å². The van der Waals surface area contributed by atoms with E-state index in [4.69, 9.17) is 0 Å². The number of anilines is 1. The summed E-state index contributed by atoms with van der Waals surface area (Å²) in [6, 6.07) is 22.7. The molecule has 0 aliphatic heterocycles. The summed E-state index contributed by atoms with van der Waals surface area (Å²) in [7, 11) is -0.589. The van der Waals surface area contributed by atoms with Crippen LogP contribution in [0.25, 0.3) is 0 Å². The molecule has 3 N–H and O–H groups in total. The molecule has 0 saturated heterocycles. The lowest BCUT2D eigenvalue weighted by atomic mass is 10.1. The summed E-state index contributed by atoms with van der Waals surface area (Å²) < 4.78 is 25.5. The molecule has 0 heterocycles. The Bertz CT molecular complexity index is 1180. The number of amides is 3. The zero-order chi connectivity index (χ0) is 23.8. The third-order valence-electron chi connectivity index (χ3n) is 4.87. The monoisotopic (exact) mass is 466 g/mol. The summed E-state index contributed by atoms with van der Waals surface area (Å²) in [5, 5.41) is 8.23. The molecule has 0 fully saturated rings. The first-order chi connectivity index (χ1) is 15.8. The predicted octanol–water partition coefficient (Wildman–Crippen LogP) is 3.12. The fourth-order valence-electron chi connectivity index (χ4n) is 3.04. The molecule has 8 nitrogen and oxygen atoms in total. The fourth-order valence-corrected chi connectivity index (χ4v) is 3.94. The van der Waals surface area contributed by atoms with Gasteiger partial charge in [-0.15, -0.1) is 0 Å². The molecule has 0 aliphatic rings. The van der Waals surface area contributed by atoms with E-state index in [2.05, 4.69) is 16.0 Å². The first-order valence-corrected chi connectivity index (χ1v) is 11.7. The Labute approximate surface area is 193 Å². The molecule has 0 bridgehead atoms. The summed E-state index contributed by atoms with van der Waals surface area (Å²) in [5.41, 5.74) is 1.98. The maximum Gasteiger partial charge on any atom is 0.315 e. The molecule has 3 aromatic carbocycles. The number of nitrogens with one attached hydrogen (secondary N) is 3. The number of rotatable bonds is 8. The highest BCUT2D eigenvalue weighted by atomic mass is 32.2. The van der Waals surface area contributed by atoms with Gasteiger partial charge in [0.05, 0.1) is 4.90 Å². The zero-order valence-corrected chi connectivity index (χ0v) is 19.2. The largest absolute Gasteiger partial charge is 0.334 e. The third kappa shape index (κ3) is 6.41. The average Bonchev–Trinajstić information content (AvgIpc) is 2.82. The number of hydrogen-bond donors (Lipinski definition) is 3. The molecule has 3 aromatic rings. The van der Waals surface area contributed by atoms with Gasteiger partial charge < -0.3 is 16.0 Å². The summed E-state index contributed by atoms with van der Waals surface area (Å²) in [4.78, 5) is 25.6. The van der Waals surface area contributed by atoms with Crippen LogP contribution in [-0.2, 0) is 21.4 Å². The smallest absolute Gasteiger partial charge is 0.315 e. The van der Waals surface area contributed by atoms with Crippen molar-refractivity contribution >= 4 is 27.6 Å². The Morgan fingerprint density at radius 2 is 1.42 bits per heavy atom. The number of sulfonamides is 1. The standard InChI is InChI=1S/C24H26N4O4S/c1-28(2)33(31,32)21-15-13-18(14-16-21)17-25-24(30)27-22(19-9-5-3-6-10-19)23(29)26-20-11-7-4-8-12-20/h3-16,22H,17H2,1-2H3,(H,26,29)(H2,25,27,30)/t22-/m1/s1. The molecule has 0 aromatic heterocycles. The number of urea groups is 1. The number of benzene rings is 3. The van der Waals surface area contributed by atoms with Crippen molar-refractivity contribution in [3.05, 3.63) is 96.1 Å². The minimum absolute atomic E-state index is 0.163. The Hall–Kier alpha value is -3.69. The molecule has 1 atom stereocenters. The van der Waals surface area contributed by atoms with Crippen LogP contribution >= 0.6 is 0 Å². The van der Waals surface area contributed by atoms with Gasteiger partial charge in [-0.05, 0) is 35.4 Å². The SMILES string of the molecule is CN(C)S(=O)(=O)c1ccc(CNC(=O)N[C@@H](C(=O)Nc2ccccc2)c2ccccc2)cc1. The van der Waals surface area contributed by atoms with Gasteiger partial charge in [0.25, 0.3) is 5.91 Å². The molecule has 172 valence electrons. The predicted molar refractivity (Wildman–Crippen MR) is 127 cm³/mol. The van der Waals surface area contributed by atoms with Crippen molar-refractivity contribution < 1.29 is 18.0 Å². The topological polar surface area (TPSA) is 108 Å². The second-order valence-corrected chi connectivity index (χ2v) is 9.61. The van der Waals surface area contributed by atoms with Crippen molar-refractivity contribution in [2.45, 2.75) is 17.5 Å². The van der Waals surface area contributed by atoms with Crippen LogP contribution in [0.2, 0.25) is 0 Å². The van der Waals surface area contributed by atoms with Gasteiger partial charge in [0.15, 0.2) is 0 Å². The van der Waals surface area contributed by atoms with Crippen LogP contribution in [0, 0.1) is 0 Å². The lowest BCUT2D eigenvalue weighted by Crippen LogP contribution is -2.42. The zero-order valence-electron chi connectivity index (χ0n) is 18.4. The molecule has 0 unspecified atom stereocenters. The van der Waals surface area contributed by atoms with E-state index in [-0.39, 0.29) is 17.3 Å². The van der Waals surface area contributed by atoms with Gasteiger partial charge in [0.1, 0.15) is 6.04 Å². The molecule has 33 heavy (non-hydrogen) atoms. The van der Waals surface area contributed by atoms with Gasteiger partial charge in [-0.3, -0.25) is 4.79 Å². The first-order valence-electron chi connectivity index (χ1n) is 10.2. The van der Waals surface area contributed by atoms with Crippen molar-refractivity contribution in [3.8, 4) is 0 Å². The Morgan fingerprint density at radius 1 is 0.848 bits per heavy atom. The lowest BCUT2D eigenvalue weighted by Gasteiger charge is -2.19. The molecule has 0 saturated carbocycles. The van der Waals surface area contributed by atoms with Gasteiger partial charge in [-0.25, -0.2) is 17.5 Å². The van der Waals surface area contributed by atoms with E-state index in [1.807, 2.05) is 24.3 Å². The number of carbonyl (C=O) groups excluding carboxylic acids is 2. The van der Waals surface area contributed by atoms with Crippen LogP contribution in [0.1, 0.15) is 17.2 Å². The van der Waals surface area contributed by atoms with Crippen LogP contribution in [-0.4, -0.2) is 38.8 Å². The van der Waals surface area contributed by atoms with Crippen molar-refractivity contribution in [2.75, 3.05) is 19.4 Å². The highest BCUT2D eigenvalue weighted by Gasteiger charge is 2.23. The minimum Gasteiger partial charge on any atom is -0.334 e. The summed E-state index contributed by atoms with van der Waals surface area (Å²) >= 11 is 0. The normalized spacial score (nSPS) is 12.1. The van der Waals surface area contributed by atoms with Crippen molar-refractivity contribution in [1.82, 2.24) is 14.9 Å². The molecule has 0 spiro atoms. The van der Waals surface area contributed by atoms with Crippen LogP contribution in [0.5, 0.6) is 0 Å². The maximum absolute atomic E-state index is 12.9. The number of hydrogen-bond acceptors (Lipinski definition) is 4. The van der Waals surface area contributed by atoms with Crippen molar-refractivity contribution in [3.63, 3.8) is 0 Å². The minimum atomic E-state index is -3.52. The summed E-state index contributed by atoms with van der Waals surface area (Å²) in [5.74, 6) is -0.374. The van der Waals surface area contributed by atoms with Gasteiger partial charge in [0, 0.05) is 26.3 Å². The number of carbonyl (C=O) groups is 2. The first kappa shape index (κ1) is 24.0. The van der Waals surface area contributed by atoms with Crippen molar-refractivity contribution in [1.29, 1.82) is 0 Å². The van der Waals surface area contributed by atoms with E-state index in [0.29, 0.717) is 16.8 Å². The van der Waals surface area contributed by atoms with Gasteiger partial charge in [-0.2, -0.15) is 0 Å². The Kier molecular flexibility index (Phi) is 7.81. The van der Waals surface area contributed by atoms with Crippen molar-refractivity contribution in [2.24, 2.45) is 0 Å².